The summed E-state index contributed by atoms with van der Waals surface area (Å²) >= 11 is 6.04. The van der Waals surface area contributed by atoms with Gasteiger partial charge in [-0.2, -0.15) is 8.42 Å². The third kappa shape index (κ3) is 11.8. The number of hydrogen-bond donors (Lipinski definition) is 2. The molecule has 0 aromatic heterocycles. The van der Waals surface area contributed by atoms with Gasteiger partial charge in [-0.25, -0.2) is 0 Å². The molecule has 0 amide bonds. The molecule has 0 heterocycles. The summed E-state index contributed by atoms with van der Waals surface area (Å²) in [4.78, 5) is 0. The molecule has 12 heavy (non-hydrogen) atoms. The van der Waals surface area contributed by atoms with Gasteiger partial charge in [-0.3, -0.25) is 4.55 Å². The molecule has 2 N–H and O–H groups in total. The van der Waals surface area contributed by atoms with Crippen LogP contribution in [0.3, 0.4) is 0 Å². The van der Waals surface area contributed by atoms with Crippen molar-refractivity contribution in [2.24, 2.45) is 0 Å². The van der Waals surface area contributed by atoms with E-state index < -0.39 is 10.1 Å². The maximum Gasteiger partial charge on any atom is 1.00 e. The molecular weight excluding hydrogens is 245 g/mol. The zero-order chi connectivity index (χ0) is 8.91. The van der Waals surface area contributed by atoms with Crippen LogP contribution in [0.4, 0.5) is 0 Å². The summed E-state index contributed by atoms with van der Waals surface area (Å²) in [5, 5.41) is 2.64. The quantitative estimate of drug-likeness (QED) is 0.323. The summed E-state index contributed by atoms with van der Waals surface area (Å²) in [5.41, 5.74) is 0. The molecule has 0 rings (SSSR count). The van der Waals surface area contributed by atoms with Crippen LogP contribution in [0, 0.1) is 0 Å². The zero-order valence-electron chi connectivity index (χ0n) is 7.90. The fourth-order valence-corrected chi connectivity index (χ4v) is 1.06. The first-order valence-corrected chi connectivity index (χ1v) is 5.97. The summed E-state index contributed by atoms with van der Waals surface area (Å²) in [6.45, 7) is 0.151. The molecule has 0 aliphatic rings. The van der Waals surface area contributed by atoms with Gasteiger partial charge in [0.2, 0.25) is 0 Å². The van der Waals surface area contributed by atoms with Gasteiger partial charge in [0.15, 0.2) is 0 Å². The van der Waals surface area contributed by atoms with Crippen LogP contribution in [-0.2, 0) is 10.1 Å². The molecule has 0 bridgehead atoms. The molecule has 8 heteroatoms. The van der Waals surface area contributed by atoms with Gasteiger partial charge in [-0.05, 0) is 6.26 Å². The van der Waals surface area contributed by atoms with E-state index in [4.69, 9.17) is 16.8 Å². The first kappa shape index (κ1) is 16.2. The van der Waals surface area contributed by atoms with E-state index in [1.807, 2.05) is 0 Å². The summed E-state index contributed by atoms with van der Waals surface area (Å²) in [5.74, 6) is -0.312. The Hall–Kier alpha value is 1.79. The Morgan fingerprint density at radius 2 is 2.25 bits per heavy atom. The maximum atomic E-state index is 10.2. The summed E-state index contributed by atoms with van der Waals surface area (Å²) in [6, 6.07) is 0. The smallest absolute Gasteiger partial charge is 1.00 e. The minimum Gasteiger partial charge on any atom is -1.00 e. The van der Waals surface area contributed by atoms with Gasteiger partial charge in [0.25, 0.3) is 10.1 Å². The van der Waals surface area contributed by atoms with E-state index in [2.05, 4.69) is 5.32 Å². The number of rotatable bonds is 3. The molecular formula is C4H10KNO3S3. The molecule has 0 saturated heterocycles. The van der Waals surface area contributed by atoms with Crippen molar-refractivity contribution < 1.29 is 65.8 Å². The Labute approximate surface area is 126 Å². The van der Waals surface area contributed by atoms with Crippen LogP contribution < -0.4 is 56.7 Å². The first-order valence-electron chi connectivity index (χ1n) is 2.72. The van der Waals surface area contributed by atoms with Crippen LogP contribution in [0.1, 0.15) is 1.43 Å². The standard InChI is InChI=1S/C4H9NO3S3.K.H/c1-10-4(9)5-2-3-11(6,7)8;;/h2-3H2,1H3,(H,5,9)(H,6,7,8);;/q;+1;-1. The van der Waals surface area contributed by atoms with Gasteiger partial charge in [0, 0.05) is 6.54 Å². The van der Waals surface area contributed by atoms with Gasteiger partial charge in [-0.15, -0.1) is 11.8 Å². The minimum absolute atomic E-state index is 0. The normalized spacial score (nSPS) is 10.2. The molecule has 0 radical (unpaired) electrons. The molecule has 0 aliphatic heterocycles. The SMILES string of the molecule is CSC(=S)NCCS(=O)(=O)O.[H-].[K+]. The predicted octanol–water partition coefficient (Wildman–Crippen LogP) is -2.77. The van der Waals surface area contributed by atoms with Crippen LogP contribution in [0.5, 0.6) is 0 Å². The fourth-order valence-electron chi connectivity index (χ4n) is 0.354. The van der Waals surface area contributed by atoms with Crippen molar-refractivity contribution in [2.45, 2.75) is 0 Å². The van der Waals surface area contributed by atoms with Crippen molar-refractivity contribution in [1.82, 2.24) is 5.32 Å². The largest absolute Gasteiger partial charge is 1.00 e. The predicted molar refractivity (Wildman–Crippen MR) is 51.6 cm³/mol. The molecule has 0 saturated carbocycles. The molecule has 4 nitrogen and oxygen atoms in total. The van der Waals surface area contributed by atoms with Gasteiger partial charge < -0.3 is 6.74 Å². The Balaban J connectivity index is -0.000000500. The molecule has 0 atom stereocenters. The topological polar surface area (TPSA) is 66.4 Å². The fraction of sp³-hybridized carbons (Fsp3) is 0.750. The van der Waals surface area contributed by atoms with E-state index in [9.17, 15) is 8.42 Å². The molecule has 0 aliphatic carbocycles. The van der Waals surface area contributed by atoms with Crippen LogP contribution in [0.25, 0.3) is 0 Å². The third-order valence-electron chi connectivity index (χ3n) is 0.815. The van der Waals surface area contributed by atoms with Gasteiger partial charge in [-0.1, -0.05) is 12.2 Å². The van der Waals surface area contributed by atoms with Gasteiger partial charge >= 0.3 is 51.4 Å². The average Bonchev–Trinajstić information content (AvgIpc) is 1.85. The molecule has 68 valence electrons. The Kier molecular flexibility index (Phi) is 11.0. The molecule has 0 aromatic carbocycles. The van der Waals surface area contributed by atoms with Crippen LogP contribution in [0.15, 0.2) is 0 Å². The van der Waals surface area contributed by atoms with Crippen LogP contribution in [-0.4, -0.2) is 35.8 Å². The van der Waals surface area contributed by atoms with Crippen LogP contribution in [0.2, 0.25) is 0 Å². The third-order valence-corrected chi connectivity index (χ3v) is 2.69. The van der Waals surface area contributed by atoms with Crippen molar-refractivity contribution in [2.75, 3.05) is 18.6 Å². The van der Waals surface area contributed by atoms with E-state index in [1.54, 1.807) is 6.26 Å². The van der Waals surface area contributed by atoms with Crippen molar-refractivity contribution >= 4 is 38.4 Å². The molecule has 0 spiro atoms. The zero-order valence-corrected chi connectivity index (χ0v) is 12.5. The van der Waals surface area contributed by atoms with E-state index in [0.29, 0.717) is 4.32 Å². The summed E-state index contributed by atoms with van der Waals surface area (Å²) < 4.78 is 29.1. The second-order valence-corrected chi connectivity index (χ2v) is 4.76. The van der Waals surface area contributed by atoms with E-state index >= 15 is 0 Å². The van der Waals surface area contributed by atoms with Crippen molar-refractivity contribution in [3.8, 4) is 0 Å². The second kappa shape index (κ2) is 8.12. The Morgan fingerprint density at radius 3 is 2.58 bits per heavy atom. The number of thioether (sulfide) groups is 1. The van der Waals surface area contributed by atoms with Crippen molar-refractivity contribution in [1.29, 1.82) is 0 Å². The van der Waals surface area contributed by atoms with Gasteiger partial charge in [0.05, 0.1) is 5.75 Å². The summed E-state index contributed by atoms with van der Waals surface area (Å²) in [7, 11) is -3.86. The van der Waals surface area contributed by atoms with Crippen molar-refractivity contribution in [3.63, 3.8) is 0 Å². The molecule has 0 unspecified atom stereocenters. The Bertz CT molecular complexity index is 233. The second-order valence-electron chi connectivity index (χ2n) is 1.70. The van der Waals surface area contributed by atoms with E-state index in [0.717, 1.165) is 0 Å². The monoisotopic (exact) mass is 255 g/mol. The summed E-state index contributed by atoms with van der Waals surface area (Å²) in [6.07, 6.45) is 1.78. The Morgan fingerprint density at radius 1 is 1.75 bits per heavy atom. The maximum absolute atomic E-state index is 10.2. The molecule has 0 fully saturated rings. The van der Waals surface area contributed by atoms with Gasteiger partial charge in [0.1, 0.15) is 4.32 Å². The van der Waals surface area contributed by atoms with E-state index in [1.165, 1.54) is 11.8 Å². The number of nitrogens with one attached hydrogen (secondary N) is 1. The minimum atomic E-state index is -3.86. The first-order chi connectivity index (χ1) is 4.95. The van der Waals surface area contributed by atoms with Crippen LogP contribution >= 0.6 is 24.0 Å². The average molecular weight is 255 g/mol. The molecule has 0 aromatic rings. The van der Waals surface area contributed by atoms with E-state index in [-0.39, 0.29) is 65.1 Å². The number of thiocarbonyl (C=S) groups is 1. The number of hydrogen-bond acceptors (Lipinski definition) is 4. The van der Waals surface area contributed by atoms with Crippen molar-refractivity contribution in [3.05, 3.63) is 0 Å².